The summed E-state index contributed by atoms with van der Waals surface area (Å²) in [6.45, 7) is 1.26. The smallest absolute Gasteiger partial charge is 0.254 e. The Labute approximate surface area is 140 Å². The average Bonchev–Trinajstić information content (AvgIpc) is 2.58. The van der Waals surface area contributed by atoms with E-state index in [9.17, 15) is 9.90 Å². The largest absolute Gasteiger partial charge is 0.390 e. The van der Waals surface area contributed by atoms with E-state index in [1.807, 2.05) is 12.1 Å². The molecule has 3 heterocycles. The Balaban J connectivity index is 0.00000192. The first-order valence-electron chi connectivity index (χ1n) is 7.17. The topological polar surface area (TPSA) is 100 Å². The first-order valence-corrected chi connectivity index (χ1v) is 7.17. The van der Waals surface area contributed by atoms with Gasteiger partial charge in [-0.05, 0) is 25.1 Å². The van der Waals surface area contributed by atoms with Gasteiger partial charge in [0.25, 0.3) is 5.91 Å². The normalized spacial score (nSPS) is 20.4. The molecule has 1 saturated heterocycles. The Bertz CT molecular complexity index is 638. The van der Waals surface area contributed by atoms with Crippen molar-refractivity contribution in [2.75, 3.05) is 13.1 Å². The summed E-state index contributed by atoms with van der Waals surface area (Å²) in [5.41, 5.74) is 1.02. The fraction of sp³-hybridized carbons (Fsp3) is 0.333. The van der Waals surface area contributed by atoms with E-state index in [2.05, 4.69) is 25.6 Å². The highest BCUT2D eigenvalue weighted by atomic mass is 35.5. The Kier molecular flexibility index (Phi) is 5.97. The molecule has 0 aliphatic carbocycles. The highest BCUT2D eigenvalue weighted by Crippen LogP contribution is 2.11. The number of nitrogens with zero attached hydrogens (tertiary/aromatic N) is 3. The van der Waals surface area contributed by atoms with Crippen molar-refractivity contribution >= 4 is 18.3 Å². The van der Waals surface area contributed by atoms with Crippen molar-refractivity contribution in [2.24, 2.45) is 0 Å². The molecule has 2 aromatic heterocycles. The molecule has 122 valence electrons. The summed E-state index contributed by atoms with van der Waals surface area (Å²) in [6.07, 6.45) is 4.73. The van der Waals surface area contributed by atoms with Gasteiger partial charge in [0.05, 0.1) is 17.7 Å². The van der Waals surface area contributed by atoms with Gasteiger partial charge >= 0.3 is 0 Å². The fourth-order valence-electron chi connectivity index (χ4n) is 2.33. The third-order valence-electron chi connectivity index (χ3n) is 3.57. The highest BCUT2D eigenvalue weighted by molar-refractivity contribution is 5.93. The molecule has 7 nitrogen and oxygen atoms in total. The number of carbonyl (C=O) groups is 1. The number of β-amino-alcohol motifs (C(OH)–C–C–N with tert-alkyl or cyclic N) is 1. The Morgan fingerprint density at radius 3 is 2.70 bits per heavy atom. The van der Waals surface area contributed by atoms with E-state index in [4.69, 9.17) is 0 Å². The van der Waals surface area contributed by atoms with Crippen LogP contribution in [0, 0.1) is 0 Å². The second kappa shape index (κ2) is 7.96. The van der Waals surface area contributed by atoms with E-state index in [0.29, 0.717) is 30.0 Å². The summed E-state index contributed by atoms with van der Waals surface area (Å²) < 4.78 is 0. The van der Waals surface area contributed by atoms with Crippen LogP contribution in [-0.4, -0.2) is 51.2 Å². The van der Waals surface area contributed by atoms with Gasteiger partial charge in [0.2, 0.25) is 0 Å². The number of amides is 1. The van der Waals surface area contributed by atoms with Gasteiger partial charge in [-0.2, -0.15) is 0 Å². The molecule has 0 aromatic carbocycles. The van der Waals surface area contributed by atoms with E-state index in [0.717, 1.165) is 6.54 Å². The molecule has 3 rings (SSSR count). The van der Waals surface area contributed by atoms with E-state index >= 15 is 0 Å². The maximum Gasteiger partial charge on any atom is 0.254 e. The number of pyridine rings is 1. The zero-order valence-corrected chi connectivity index (χ0v) is 13.2. The van der Waals surface area contributed by atoms with Crippen LogP contribution in [0.15, 0.2) is 36.8 Å². The van der Waals surface area contributed by atoms with Crippen LogP contribution in [0.1, 0.15) is 16.8 Å². The molecule has 2 aromatic rings. The summed E-state index contributed by atoms with van der Waals surface area (Å²) in [7, 11) is 0. The second-order valence-corrected chi connectivity index (χ2v) is 5.15. The molecule has 1 amide bonds. The maximum atomic E-state index is 12.2. The molecule has 2 atom stereocenters. The lowest BCUT2D eigenvalue weighted by molar-refractivity contribution is 0.0765. The maximum absolute atomic E-state index is 12.2. The van der Waals surface area contributed by atoms with Crippen LogP contribution >= 0.6 is 12.4 Å². The van der Waals surface area contributed by atoms with E-state index in [1.165, 1.54) is 12.4 Å². The van der Waals surface area contributed by atoms with Gasteiger partial charge in [0, 0.05) is 25.1 Å². The highest BCUT2D eigenvalue weighted by Gasteiger charge is 2.24. The number of aromatic nitrogens is 3. The van der Waals surface area contributed by atoms with Gasteiger partial charge in [0.15, 0.2) is 5.82 Å². The Hall–Kier alpha value is -2.09. The van der Waals surface area contributed by atoms with Gasteiger partial charge in [-0.25, -0.2) is 9.97 Å². The minimum Gasteiger partial charge on any atom is -0.390 e. The van der Waals surface area contributed by atoms with E-state index < -0.39 is 6.10 Å². The zero-order valence-electron chi connectivity index (χ0n) is 12.3. The molecule has 8 heteroatoms. The van der Waals surface area contributed by atoms with Gasteiger partial charge in [-0.3, -0.25) is 9.78 Å². The number of hydrogen-bond acceptors (Lipinski definition) is 6. The first kappa shape index (κ1) is 17.3. The molecule has 1 aliphatic heterocycles. The summed E-state index contributed by atoms with van der Waals surface area (Å²) in [6, 6.07) is 5.23. The average molecular weight is 336 g/mol. The number of hydrogen-bond donors (Lipinski definition) is 3. The summed E-state index contributed by atoms with van der Waals surface area (Å²) >= 11 is 0. The lowest BCUT2D eigenvalue weighted by atomic mass is 10.0. The zero-order chi connectivity index (χ0) is 15.4. The van der Waals surface area contributed by atoms with Crippen LogP contribution in [0.2, 0.25) is 0 Å². The summed E-state index contributed by atoms with van der Waals surface area (Å²) in [5, 5.41) is 15.7. The number of aliphatic hydroxyl groups excluding tert-OH is 1. The van der Waals surface area contributed by atoms with Crippen molar-refractivity contribution in [3.05, 3.63) is 42.4 Å². The van der Waals surface area contributed by atoms with Crippen LogP contribution < -0.4 is 10.6 Å². The second-order valence-electron chi connectivity index (χ2n) is 5.15. The molecule has 0 unspecified atom stereocenters. The van der Waals surface area contributed by atoms with Crippen molar-refractivity contribution in [3.63, 3.8) is 0 Å². The van der Waals surface area contributed by atoms with Crippen molar-refractivity contribution in [1.82, 2.24) is 25.6 Å². The van der Waals surface area contributed by atoms with Crippen LogP contribution in [0.5, 0.6) is 0 Å². The van der Waals surface area contributed by atoms with Crippen molar-refractivity contribution < 1.29 is 9.90 Å². The molecule has 0 saturated carbocycles. The number of carbonyl (C=O) groups excluding carboxylic acids is 1. The lowest BCUT2D eigenvalue weighted by Crippen LogP contribution is -2.52. The van der Waals surface area contributed by atoms with Crippen LogP contribution in [0.4, 0.5) is 0 Å². The molecule has 1 aliphatic rings. The molecule has 23 heavy (non-hydrogen) atoms. The molecule has 0 spiro atoms. The summed E-state index contributed by atoms with van der Waals surface area (Å²) in [4.78, 5) is 24.7. The Morgan fingerprint density at radius 2 is 2.04 bits per heavy atom. The van der Waals surface area contributed by atoms with Crippen molar-refractivity contribution in [2.45, 2.75) is 18.6 Å². The predicted molar refractivity (Wildman–Crippen MR) is 87.3 cm³/mol. The number of rotatable bonds is 3. The van der Waals surface area contributed by atoms with E-state index in [-0.39, 0.29) is 24.4 Å². The van der Waals surface area contributed by atoms with Crippen LogP contribution in [0.25, 0.3) is 11.5 Å². The quantitative estimate of drug-likeness (QED) is 0.751. The number of aliphatic hydroxyl groups is 1. The monoisotopic (exact) mass is 335 g/mol. The molecule has 0 radical (unpaired) electrons. The third kappa shape index (κ3) is 4.22. The number of piperidine rings is 1. The molecule has 0 bridgehead atoms. The fourth-order valence-corrected chi connectivity index (χ4v) is 2.33. The minimum absolute atomic E-state index is 0. The molecule has 3 N–H and O–H groups in total. The van der Waals surface area contributed by atoms with Crippen LogP contribution in [0.3, 0.4) is 0 Å². The molecule has 1 fully saturated rings. The standard InChI is InChI=1S/C15H17N5O2.ClH/c21-13-9-16-6-4-11(13)20-15(22)10-7-18-14(19-8-10)12-3-1-2-5-17-12;/h1-3,5,7-8,11,13,16,21H,4,6,9H2,(H,20,22);1H/t11-,13-;/m1./s1. The minimum atomic E-state index is -0.577. The van der Waals surface area contributed by atoms with Crippen molar-refractivity contribution in [1.29, 1.82) is 0 Å². The molecular weight excluding hydrogens is 318 g/mol. The van der Waals surface area contributed by atoms with Gasteiger partial charge < -0.3 is 15.7 Å². The SMILES string of the molecule is Cl.O=C(N[C@@H]1CCNC[C@H]1O)c1cnc(-c2ccccn2)nc1. The third-order valence-corrected chi connectivity index (χ3v) is 3.57. The predicted octanol–water partition coefficient (Wildman–Crippen LogP) is 0.413. The van der Waals surface area contributed by atoms with Crippen molar-refractivity contribution in [3.8, 4) is 11.5 Å². The van der Waals surface area contributed by atoms with Gasteiger partial charge in [0.1, 0.15) is 5.69 Å². The number of halogens is 1. The summed E-state index contributed by atoms with van der Waals surface area (Å²) in [5.74, 6) is 0.192. The van der Waals surface area contributed by atoms with Gasteiger partial charge in [-0.1, -0.05) is 6.07 Å². The number of nitrogens with one attached hydrogen (secondary N) is 2. The molecular formula is C15H18ClN5O2. The van der Waals surface area contributed by atoms with Gasteiger partial charge in [-0.15, -0.1) is 12.4 Å². The first-order chi connectivity index (χ1) is 10.7. The lowest BCUT2D eigenvalue weighted by Gasteiger charge is -2.28. The van der Waals surface area contributed by atoms with E-state index in [1.54, 1.807) is 12.3 Å². The van der Waals surface area contributed by atoms with Crippen LogP contribution in [-0.2, 0) is 0 Å². The Morgan fingerprint density at radius 1 is 1.26 bits per heavy atom.